The van der Waals surface area contributed by atoms with E-state index in [1.165, 1.54) is 17.6 Å². The lowest BCUT2D eigenvalue weighted by molar-refractivity contribution is -0.132. The Morgan fingerprint density at radius 1 is 1.25 bits per heavy atom. The Morgan fingerprint density at radius 3 is 2.38 bits per heavy atom. The molecule has 0 heterocycles. The first-order chi connectivity index (χ1) is 11.3. The van der Waals surface area contributed by atoms with Gasteiger partial charge in [-0.05, 0) is 50.0 Å². The van der Waals surface area contributed by atoms with Crippen molar-refractivity contribution in [2.24, 2.45) is 5.73 Å². The number of benzene rings is 1. The van der Waals surface area contributed by atoms with Crippen LogP contribution in [0.1, 0.15) is 29.8 Å². The molecule has 1 aromatic carbocycles. The molecule has 0 radical (unpaired) electrons. The summed E-state index contributed by atoms with van der Waals surface area (Å²) in [5, 5.41) is 19.7. The summed E-state index contributed by atoms with van der Waals surface area (Å²) in [4.78, 5) is 23.9. The van der Waals surface area contributed by atoms with E-state index < -0.39 is 23.4 Å². The van der Waals surface area contributed by atoms with Gasteiger partial charge in [0.15, 0.2) is 0 Å². The van der Waals surface area contributed by atoms with E-state index in [-0.39, 0.29) is 6.61 Å². The van der Waals surface area contributed by atoms with E-state index >= 15 is 0 Å². The molecular weight excluding hydrogens is 310 g/mol. The first kappa shape index (κ1) is 19.2. The second-order valence-corrected chi connectivity index (χ2v) is 5.49. The SMILES string of the molecule is CC(C)(N)[C@H](NC(=O)c1ccc(C#CC#CCO)cc1)C(=O)NO. The Hall–Kier alpha value is -2.84. The van der Waals surface area contributed by atoms with Gasteiger partial charge in [-0.2, -0.15) is 0 Å². The molecule has 0 aliphatic carbocycles. The Kier molecular flexibility index (Phi) is 6.97. The molecule has 0 saturated heterocycles. The van der Waals surface area contributed by atoms with Gasteiger partial charge in [-0.3, -0.25) is 14.8 Å². The number of rotatable bonds is 4. The molecule has 1 atom stereocenters. The van der Waals surface area contributed by atoms with Crippen molar-refractivity contribution in [3.05, 3.63) is 35.4 Å². The molecular formula is C17H19N3O4. The molecule has 0 bridgehead atoms. The maximum absolute atomic E-state index is 12.2. The highest BCUT2D eigenvalue weighted by molar-refractivity contribution is 5.97. The largest absolute Gasteiger partial charge is 0.384 e. The number of carbonyl (C=O) groups is 2. The number of aliphatic hydroxyl groups is 1. The Labute approximate surface area is 140 Å². The zero-order valence-electron chi connectivity index (χ0n) is 13.4. The third kappa shape index (κ3) is 5.75. The molecule has 0 aliphatic rings. The van der Waals surface area contributed by atoms with Gasteiger partial charge in [0.1, 0.15) is 12.6 Å². The molecule has 1 rings (SSSR count). The lowest BCUT2D eigenvalue weighted by Gasteiger charge is -2.29. The summed E-state index contributed by atoms with van der Waals surface area (Å²) in [5.41, 5.74) is 7.22. The molecule has 0 fully saturated rings. The number of nitrogens with two attached hydrogens (primary N) is 1. The Balaban J connectivity index is 2.87. The normalized spacial score (nSPS) is 11.2. The zero-order valence-corrected chi connectivity index (χ0v) is 13.4. The maximum Gasteiger partial charge on any atom is 0.267 e. The number of amides is 2. The minimum absolute atomic E-state index is 0.256. The van der Waals surface area contributed by atoms with Crippen molar-refractivity contribution in [2.45, 2.75) is 25.4 Å². The van der Waals surface area contributed by atoms with Crippen LogP contribution >= 0.6 is 0 Å². The van der Waals surface area contributed by atoms with E-state index in [2.05, 4.69) is 29.0 Å². The van der Waals surface area contributed by atoms with Crippen molar-refractivity contribution in [3.8, 4) is 23.7 Å². The average Bonchev–Trinajstić information content (AvgIpc) is 2.55. The monoisotopic (exact) mass is 329 g/mol. The molecule has 7 nitrogen and oxygen atoms in total. The van der Waals surface area contributed by atoms with Crippen LogP contribution in [0.5, 0.6) is 0 Å². The predicted octanol–water partition coefficient (Wildman–Crippen LogP) is -0.625. The predicted molar refractivity (Wildman–Crippen MR) is 87.6 cm³/mol. The third-order valence-electron chi connectivity index (χ3n) is 2.98. The summed E-state index contributed by atoms with van der Waals surface area (Å²) in [6, 6.07) is 5.21. The lowest BCUT2D eigenvalue weighted by atomic mass is 9.95. The third-order valence-corrected chi connectivity index (χ3v) is 2.98. The molecule has 126 valence electrons. The molecule has 0 aromatic heterocycles. The van der Waals surface area contributed by atoms with Crippen LogP contribution in [0.3, 0.4) is 0 Å². The zero-order chi connectivity index (χ0) is 18.2. The summed E-state index contributed by atoms with van der Waals surface area (Å²) in [7, 11) is 0. The van der Waals surface area contributed by atoms with Crippen molar-refractivity contribution < 1.29 is 19.9 Å². The highest BCUT2D eigenvalue weighted by Gasteiger charge is 2.33. The van der Waals surface area contributed by atoms with Crippen LogP contribution in [0, 0.1) is 23.7 Å². The van der Waals surface area contributed by atoms with Crippen molar-refractivity contribution in [3.63, 3.8) is 0 Å². The fourth-order valence-electron chi connectivity index (χ4n) is 1.76. The second kappa shape index (κ2) is 8.70. The van der Waals surface area contributed by atoms with Gasteiger partial charge in [0.25, 0.3) is 11.8 Å². The molecule has 6 N–H and O–H groups in total. The number of hydrogen-bond acceptors (Lipinski definition) is 5. The summed E-state index contributed by atoms with van der Waals surface area (Å²) >= 11 is 0. The summed E-state index contributed by atoms with van der Waals surface area (Å²) in [5.74, 6) is 8.85. The summed E-state index contributed by atoms with van der Waals surface area (Å²) in [6.07, 6.45) is 0. The number of hydrogen-bond donors (Lipinski definition) is 5. The van der Waals surface area contributed by atoms with E-state index in [1.54, 1.807) is 26.0 Å². The molecule has 0 saturated carbocycles. The Bertz CT molecular complexity index is 713. The van der Waals surface area contributed by atoms with Crippen LogP contribution in [0.15, 0.2) is 24.3 Å². The average molecular weight is 329 g/mol. The van der Waals surface area contributed by atoms with E-state index in [9.17, 15) is 9.59 Å². The van der Waals surface area contributed by atoms with Gasteiger partial charge in [0, 0.05) is 16.7 Å². The fraction of sp³-hybridized carbons (Fsp3) is 0.294. The smallest absolute Gasteiger partial charge is 0.267 e. The topological polar surface area (TPSA) is 125 Å². The van der Waals surface area contributed by atoms with E-state index in [0.29, 0.717) is 11.1 Å². The molecule has 1 aromatic rings. The van der Waals surface area contributed by atoms with Gasteiger partial charge >= 0.3 is 0 Å². The van der Waals surface area contributed by atoms with Gasteiger partial charge in [-0.15, -0.1) is 0 Å². The van der Waals surface area contributed by atoms with Crippen molar-refractivity contribution in [1.29, 1.82) is 0 Å². The van der Waals surface area contributed by atoms with E-state index in [0.717, 1.165) is 0 Å². The van der Waals surface area contributed by atoms with E-state index in [1.807, 2.05) is 0 Å². The molecule has 24 heavy (non-hydrogen) atoms. The quantitative estimate of drug-likeness (QED) is 0.286. The fourth-order valence-corrected chi connectivity index (χ4v) is 1.76. The van der Waals surface area contributed by atoms with Crippen LogP contribution in [0.4, 0.5) is 0 Å². The highest BCUT2D eigenvalue weighted by Crippen LogP contribution is 2.08. The lowest BCUT2D eigenvalue weighted by Crippen LogP contribution is -2.61. The van der Waals surface area contributed by atoms with Crippen LogP contribution in [0.25, 0.3) is 0 Å². The van der Waals surface area contributed by atoms with Crippen molar-refractivity contribution in [1.82, 2.24) is 10.8 Å². The Morgan fingerprint density at radius 2 is 1.88 bits per heavy atom. The second-order valence-electron chi connectivity index (χ2n) is 5.49. The number of nitrogens with one attached hydrogen (secondary N) is 2. The number of hydroxylamine groups is 1. The standard InChI is InChI=1S/C17H19N3O4/c1-17(2,18)14(16(23)20-24)19-15(22)13-9-7-12(8-10-13)6-4-3-5-11-21/h7-10,14,21,24H,11,18H2,1-2H3,(H,19,22)(H,20,23)/t14-/m1/s1. The van der Waals surface area contributed by atoms with Gasteiger partial charge in [-0.1, -0.05) is 11.8 Å². The van der Waals surface area contributed by atoms with Gasteiger partial charge in [0.2, 0.25) is 0 Å². The highest BCUT2D eigenvalue weighted by atomic mass is 16.5. The van der Waals surface area contributed by atoms with Crippen LogP contribution in [-0.4, -0.2) is 40.3 Å². The van der Waals surface area contributed by atoms with Crippen molar-refractivity contribution >= 4 is 11.8 Å². The molecule has 0 spiro atoms. The van der Waals surface area contributed by atoms with Gasteiger partial charge < -0.3 is 16.2 Å². The molecule has 0 aliphatic heterocycles. The van der Waals surface area contributed by atoms with Gasteiger partial charge in [0.05, 0.1) is 0 Å². The first-order valence-electron chi connectivity index (χ1n) is 7.03. The summed E-state index contributed by atoms with van der Waals surface area (Å²) < 4.78 is 0. The molecule has 7 heteroatoms. The first-order valence-corrected chi connectivity index (χ1v) is 7.03. The van der Waals surface area contributed by atoms with Crippen LogP contribution in [-0.2, 0) is 4.79 Å². The minimum Gasteiger partial charge on any atom is -0.384 e. The van der Waals surface area contributed by atoms with E-state index in [4.69, 9.17) is 16.0 Å². The van der Waals surface area contributed by atoms with Crippen molar-refractivity contribution in [2.75, 3.05) is 6.61 Å². The number of aliphatic hydroxyl groups excluding tert-OH is 1. The summed E-state index contributed by atoms with van der Waals surface area (Å²) in [6.45, 7) is 2.85. The molecule has 0 unspecified atom stereocenters. The minimum atomic E-state index is -1.11. The molecule has 2 amide bonds. The maximum atomic E-state index is 12.2. The van der Waals surface area contributed by atoms with Gasteiger partial charge in [-0.25, -0.2) is 5.48 Å². The van der Waals surface area contributed by atoms with Crippen LogP contribution < -0.4 is 16.5 Å². The van der Waals surface area contributed by atoms with Crippen LogP contribution in [0.2, 0.25) is 0 Å². The number of carbonyl (C=O) groups excluding carboxylic acids is 2.